The van der Waals surface area contributed by atoms with E-state index in [1.54, 1.807) is 0 Å². The molecule has 1 rings (SSSR count). The minimum Gasteiger partial charge on any atom is -0.323 e. The maximum atomic E-state index is 13.2. The zero-order valence-electron chi connectivity index (χ0n) is 8.93. The highest BCUT2D eigenvalue weighted by atomic mass is 35.5. The average Bonchev–Trinajstić information content (AvgIpc) is 2.24. The van der Waals surface area contributed by atoms with Crippen molar-refractivity contribution in [1.29, 1.82) is 0 Å². The van der Waals surface area contributed by atoms with Crippen LogP contribution in [0.3, 0.4) is 0 Å². The lowest BCUT2D eigenvalue weighted by Gasteiger charge is -2.06. The molecule has 1 aromatic rings. The Morgan fingerprint density at radius 1 is 1.56 bits per heavy atom. The molecule has 0 fully saturated rings. The van der Waals surface area contributed by atoms with Crippen LogP contribution in [0, 0.1) is 5.82 Å². The van der Waals surface area contributed by atoms with E-state index in [0.717, 1.165) is 12.2 Å². The number of hydrogen-bond donors (Lipinski definition) is 1. The molecule has 0 aromatic heterocycles. The fourth-order valence-electron chi connectivity index (χ4n) is 1.09. The molecule has 16 heavy (non-hydrogen) atoms. The number of carbonyl (C=O) groups is 1. The van der Waals surface area contributed by atoms with Crippen LogP contribution in [0.2, 0.25) is 5.02 Å². The first-order valence-electron chi connectivity index (χ1n) is 4.96. The van der Waals surface area contributed by atoms with Crippen LogP contribution in [0.25, 0.3) is 0 Å². The van der Waals surface area contributed by atoms with Crippen molar-refractivity contribution in [1.82, 2.24) is 0 Å². The summed E-state index contributed by atoms with van der Waals surface area (Å²) in [6.45, 7) is 2.04. The van der Waals surface area contributed by atoms with Gasteiger partial charge in [0, 0.05) is 5.02 Å². The van der Waals surface area contributed by atoms with Gasteiger partial charge >= 0.3 is 0 Å². The van der Waals surface area contributed by atoms with Crippen LogP contribution in [0.4, 0.5) is 10.1 Å². The normalized spacial score (nSPS) is 10.2. The maximum absolute atomic E-state index is 13.2. The largest absolute Gasteiger partial charge is 0.323 e. The van der Waals surface area contributed by atoms with Gasteiger partial charge in [0.2, 0.25) is 5.91 Å². The van der Waals surface area contributed by atoms with E-state index in [1.807, 2.05) is 6.92 Å². The van der Waals surface area contributed by atoms with Gasteiger partial charge in [-0.15, -0.1) is 0 Å². The lowest BCUT2D eigenvalue weighted by molar-refractivity contribution is -0.113. The average molecular weight is 262 g/mol. The number of thioether (sulfide) groups is 1. The molecule has 0 spiro atoms. The highest BCUT2D eigenvalue weighted by Gasteiger charge is 2.07. The van der Waals surface area contributed by atoms with Gasteiger partial charge < -0.3 is 5.32 Å². The Bertz CT molecular complexity index is 373. The van der Waals surface area contributed by atoms with Gasteiger partial charge in [0.15, 0.2) is 0 Å². The van der Waals surface area contributed by atoms with Crippen LogP contribution in [0.5, 0.6) is 0 Å². The third kappa shape index (κ3) is 4.41. The zero-order chi connectivity index (χ0) is 12.0. The number of nitrogens with one attached hydrogen (secondary N) is 1. The third-order valence-corrected chi connectivity index (χ3v) is 3.18. The summed E-state index contributed by atoms with van der Waals surface area (Å²) in [4.78, 5) is 11.4. The van der Waals surface area contributed by atoms with E-state index in [4.69, 9.17) is 11.6 Å². The van der Waals surface area contributed by atoms with Crippen molar-refractivity contribution < 1.29 is 9.18 Å². The first kappa shape index (κ1) is 13.3. The van der Waals surface area contributed by atoms with Gasteiger partial charge in [0.25, 0.3) is 0 Å². The van der Waals surface area contributed by atoms with E-state index in [0.29, 0.717) is 10.8 Å². The molecule has 0 heterocycles. The Morgan fingerprint density at radius 2 is 2.31 bits per heavy atom. The lowest BCUT2D eigenvalue weighted by atomic mass is 10.3. The quantitative estimate of drug-likeness (QED) is 0.821. The van der Waals surface area contributed by atoms with Crippen LogP contribution in [0.15, 0.2) is 18.2 Å². The molecule has 2 nitrogen and oxygen atoms in total. The van der Waals surface area contributed by atoms with E-state index in [1.165, 1.54) is 30.0 Å². The molecule has 0 aliphatic rings. The molecular weight excluding hydrogens is 249 g/mol. The Morgan fingerprint density at radius 3 is 3.00 bits per heavy atom. The van der Waals surface area contributed by atoms with Crippen molar-refractivity contribution in [3.05, 3.63) is 29.0 Å². The molecule has 0 saturated carbocycles. The van der Waals surface area contributed by atoms with Crippen LogP contribution in [0.1, 0.15) is 13.3 Å². The highest BCUT2D eigenvalue weighted by molar-refractivity contribution is 7.99. The van der Waals surface area contributed by atoms with Crippen molar-refractivity contribution >= 4 is 35.0 Å². The fourth-order valence-corrected chi connectivity index (χ4v) is 1.95. The van der Waals surface area contributed by atoms with E-state index in [-0.39, 0.29) is 11.6 Å². The second kappa shape index (κ2) is 6.76. The summed E-state index contributed by atoms with van der Waals surface area (Å²) in [6, 6.07) is 4.08. The van der Waals surface area contributed by atoms with Crippen molar-refractivity contribution in [3.8, 4) is 0 Å². The van der Waals surface area contributed by atoms with Crippen LogP contribution < -0.4 is 5.32 Å². The predicted molar refractivity (Wildman–Crippen MR) is 67.7 cm³/mol. The standard InChI is InChI=1S/C11H13ClFNOS/c1-2-5-16-7-11(15)14-10-6-8(12)3-4-9(10)13/h3-4,6H,2,5,7H2,1H3,(H,14,15). The molecule has 0 aliphatic carbocycles. The summed E-state index contributed by atoms with van der Waals surface area (Å²) in [5, 5.41) is 2.89. The van der Waals surface area contributed by atoms with Gasteiger partial charge in [-0.3, -0.25) is 4.79 Å². The number of hydrogen-bond acceptors (Lipinski definition) is 2. The molecule has 1 N–H and O–H groups in total. The number of carbonyl (C=O) groups excluding carboxylic acids is 1. The lowest BCUT2D eigenvalue weighted by Crippen LogP contribution is -2.15. The van der Waals surface area contributed by atoms with Crippen LogP contribution in [-0.4, -0.2) is 17.4 Å². The topological polar surface area (TPSA) is 29.1 Å². The summed E-state index contributed by atoms with van der Waals surface area (Å²) in [5.74, 6) is 0.573. The molecule has 1 aromatic carbocycles. The molecular formula is C11H13ClFNOS. The Labute approximate surface area is 104 Å². The van der Waals surface area contributed by atoms with Crippen molar-refractivity contribution in [3.63, 3.8) is 0 Å². The van der Waals surface area contributed by atoms with Gasteiger partial charge in [0.05, 0.1) is 11.4 Å². The number of benzene rings is 1. The number of anilines is 1. The van der Waals surface area contributed by atoms with Gasteiger partial charge in [-0.25, -0.2) is 4.39 Å². The number of rotatable bonds is 5. The molecule has 0 unspecified atom stereocenters. The second-order valence-corrected chi connectivity index (χ2v) is 4.77. The molecule has 0 atom stereocenters. The fraction of sp³-hybridized carbons (Fsp3) is 0.364. The van der Waals surface area contributed by atoms with Crippen molar-refractivity contribution in [2.75, 3.05) is 16.8 Å². The monoisotopic (exact) mass is 261 g/mol. The third-order valence-electron chi connectivity index (χ3n) is 1.78. The van der Waals surface area contributed by atoms with Gasteiger partial charge in [0.1, 0.15) is 5.82 Å². The first-order valence-corrected chi connectivity index (χ1v) is 6.49. The molecule has 0 bridgehead atoms. The molecule has 0 aliphatic heterocycles. The Balaban J connectivity index is 2.52. The summed E-state index contributed by atoms with van der Waals surface area (Å²) in [5.41, 5.74) is 0.134. The number of amides is 1. The van der Waals surface area contributed by atoms with Gasteiger partial charge in [-0.1, -0.05) is 18.5 Å². The van der Waals surface area contributed by atoms with E-state index in [9.17, 15) is 9.18 Å². The van der Waals surface area contributed by atoms with Gasteiger partial charge in [-0.2, -0.15) is 11.8 Å². The first-order chi connectivity index (χ1) is 7.63. The number of halogens is 2. The molecule has 5 heteroatoms. The summed E-state index contributed by atoms with van der Waals surface area (Å²) in [6.07, 6.45) is 1.02. The summed E-state index contributed by atoms with van der Waals surface area (Å²) >= 11 is 7.23. The molecule has 0 radical (unpaired) electrons. The molecule has 0 saturated heterocycles. The van der Waals surface area contributed by atoms with E-state index >= 15 is 0 Å². The smallest absolute Gasteiger partial charge is 0.234 e. The Hall–Kier alpha value is -0.740. The van der Waals surface area contributed by atoms with E-state index < -0.39 is 5.82 Å². The Kier molecular flexibility index (Phi) is 5.63. The maximum Gasteiger partial charge on any atom is 0.234 e. The minimum absolute atomic E-state index is 0.134. The van der Waals surface area contributed by atoms with Gasteiger partial charge in [-0.05, 0) is 30.4 Å². The van der Waals surface area contributed by atoms with Crippen LogP contribution >= 0.6 is 23.4 Å². The van der Waals surface area contributed by atoms with Crippen LogP contribution in [-0.2, 0) is 4.79 Å². The SMILES string of the molecule is CCCSCC(=O)Nc1cc(Cl)ccc1F. The molecule has 88 valence electrons. The van der Waals surface area contributed by atoms with Crippen molar-refractivity contribution in [2.24, 2.45) is 0 Å². The minimum atomic E-state index is -0.474. The van der Waals surface area contributed by atoms with Crippen molar-refractivity contribution in [2.45, 2.75) is 13.3 Å². The molecule has 1 amide bonds. The zero-order valence-corrected chi connectivity index (χ0v) is 10.5. The van der Waals surface area contributed by atoms with E-state index in [2.05, 4.69) is 5.32 Å². The summed E-state index contributed by atoms with van der Waals surface area (Å²) < 4.78 is 13.2. The predicted octanol–water partition coefficient (Wildman–Crippen LogP) is 3.56. The highest BCUT2D eigenvalue weighted by Crippen LogP contribution is 2.19. The summed E-state index contributed by atoms with van der Waals surface area (Å²) in [7, 11) is 0. The second-order valence-electron chi connectivity index (χ2n) is 3.22.